The molecule has 0 amide bonds. The summed E-state index contributed by atoms with van der Waals surface area (Å²) >= 11 is 6.16. The Balaban J connectivity index is 1.59. The van der Waals surface area contributed by atoms with E-state index in [1.807, 2.05) is 42.5 Å². The molecule has 0 bridgehead atoms. The topological polar surface area (TPSA) is 51.0 Å². The van der Waals surface area contributed by atoms with E-state index in [-0.39, 0.29) is 5.56 Å². The summed E-state index contributed by atoms with van der Waals surface area (Å²) in [6.07, 6.45) is 4.20. The maximum atomic E-state index is 13.0. The predicted octanol–water partition coefficient (Wildman–Crippen LogP) is 4.70. The second kappa shape index (κ2) is 7.76. The van der Waals surface area contributed by atoms with Crippen LogP contribution in [0, 0.1) is 0 Å². The molecule has 0 atom stereocenters. The highest BCUT2D eigenvalue weighted by Gasteiger charge is 2.25. The lowest BCUT2D eigenvalue weighted by Gasteiger charge is -2.33. The van der Waals surface area contributed by atoms with Crippen LogP contribution in [-0.2, 0) is 13.0 Å². The summed E-state index contributed by atoms with van der Waals surface area (Å²) in [6, 6.07) is 21.4. The molecular formula is C24H19ClN4O. The van der Waals surface area contributed by atoms with Crippen molar-refractivity contribution in [2.75, 3.05) is 11.4 Å². The third-order valence-electron chi connectivity index (χ3n) is 5.33. The van der Waals surface area contributed by atoms with E-state index >= 15 is 0 Å². The minimum absolute atomic E-state index is 0.0610. The molecule has 5 rings (SSSR count). The van der Waals surface area contributed by atoms with Crippen LogP contribution in [0.1, 0.15) is 11.1 Å². The Morgan fingerprint density at radius 3 is 2.63 bits per heavy atom. The van der Waals surface area contributed by atoms with Crippen molar-refractivity contribution >= 4 is 23.2 Å². The lowest BCUT2D eigenvalue weighted by atomic mass is 10.1. The van der Waals surface area contributed by atoms with Gasteiger partial charge in [-0.1, -0.05) is 41.9 Å². The zero-order valence-electron chi connectivity index (χ0n) is 16.2. The molecule has 2 aromatic heterocycles. The minimum Gasteiger partial charge on any atom is -0.311 e. The first-order valence-electron chi connectivity index (χ1n) is 9.81. The Bertz CT molecular complexity index is 1270. The molecule has 6 heteroatoms. The van der Waals surface area contributed by atoms with Crippen molar-refractivity contribution in [1.82, 2.24) is 14.5 Å². The van der Waals surface area contributed by atoms with Gasteiger partial charge in [-0.2, -0.15) is 0 Å². The number of fused-ring (bicyclic) bond motifs is 2. The van der Waals surface area contributed by atoms with Crippen molar-refractivity contribution < 1.29 is 0 Å². The number of hydrogen-bond acceptors (Lipinski definition) is 4. The first-order valence-corrected chi connectivity index (χ1v) is 10.2. The van der Waals surface area contributed by atoms with Crippen molar-refractivity contribution in [1.29, 1.82) is 0 Å². The second-order valence-corrected chi connectivity index (χ2v) is 7.70. The van der Waals surface area contributed by atoms with Gasteiger partial charge in [0.05, 0.1) is 12.2 Å². The number of pyridine rings is 1. The normalized spacial score (nSPS) is 12.4. The van der Waals surface area contributed by atoms with E-state index in [0.717, 1.165) is 33.8 Å². The van der Waals surface area contributed by atoms with Gasteiger partial charge in [0.1, 0.15) is 0 Å². The zero-order valence-corrected chi connectivity index (χ0v) is 17.0. The standard InChI is InChI=1S/C24H19ClN4O/c25-20-6-3-4-17(14-20)10-13-28-22-7-2-1-5-19(22)16-29-23(30)15-21(27-24(28)29)18-8-11-26-12-9-18/h1-9,11-12,14-15H,10,13,16H2. The molecule has 30 heavy (non-hydrogen) atoms. The van der Waals surface area contributed by atoms with E-state index in [1.54, 1.807) is 23.0 Å². The number of nitrogens with zero attached hydrogens (tertiary/aromatic N) is 4. The van der Waals surface area contributed by atoms with Gasteiger partial charge in [-0.25, -0.2) is 4.98 Å². The van der Waals surface area contributed by atoms with E-state index in [9.17, 15) is 4.79 Å². The molecule has 3 heterocycles. The van der Waals surface area contributed by atoms with Gasteiger partial charge >= 0.3 is 0 Å². The highest BCUT2D eigenvalue weighted by atomic mass is 35.5. The number of para-hydroxylation sites is 1. The van der Waals surface area contributed by atoms with Crippen molar-refractivity contribution in [2.24, 2.45) is 0 Å². The fourth-order valence-electron chi connectivity index (χ4n) is 3.86. The predicted molar refractivity (Wildman–Crippen MR) is 119 cm³/mol. The van der Waals surface area contributed by atoms with Crippen molar-refractivity contribution in [3.63, 3.8) is 0 Å². The molecule has 0 N–H and O–H groups in total. The van der Waals surface area contributed by atoms with Gasteiger partial charge in [-0.3, -0.25) is 14.3 Å². The molecule has 0 aliphatic carbocycles. The molecular weight excluding hydrogens is 396 g/mol. The average molecular weight is 415 g/mol. The molecule has 0 saturated carbocycles. The molecule has 1 aliphatic rings. The number of hydrogen-bond donors (Lipinski definition) is 0. The summed E-state index contributed by atoms with van der Waals surface area (Å²) in [4.78, 5) is 24.1. The highest BCUT2D eigenvalue weighted by Crippen LogP contribution is 2.33. The van der Waals surface area contributed by atoms with Gasteiger partial charge in [-0.05, 0) is 47.9 Å². The molecule has 0 unspecified atom stereocenters. The van der Waals surface area contributed by atoms with Gasteiger partial charge < -0.3 is 4.90 Å². The molecule has 4 aromatic rings. The van der Waals surface area contributed by atoms with Gasteiger partial charge in [0.2, 0.25) is 5.95 Å². The summed E-state index contributed by atoms with van der Waals surface area (Å²) in [5.74, 6) is 0.662. The van der Waals surface area contributed by atoms with E-state index in [4.69, 9.17) is 16.6 Å². The van der Waals surface area contributed by atoms with Crippen LogP contribution >= 0.6 is 11.6 Å². The molecule has 0 fully saturated rings. The lowest BCUT2D eigenvalue weighted by molar-refractivity contribution is 0.683. The van der Waals surface area contributed by atoms with Crippen LogP contribution in [0.4, 0.5) is 11.6 Å². The summed E-state index contributed by atoms with van der Waals surface area (Å²) in [5, 5.41) is 0.723. The molecule has 148 valence electrons. The zero-order chi connectivity index (χ0) is 20.5. The molecule has 5 nitrogen and oxygen atoms in total. The van der Waals surface area contributed by atoms with Gasteiger partial charge in [0.15, 0.2) is 0 Å². The first-order chi connectivity index (χ1) is 14.7. The maximum Gasteiger partial charge on any atom is 0.255 e. The number of rotatable bonds is 4. The summed E-state index contributed by atoms with van der Waals surface area (Å²) < 4.78 is 1.74. The number of halogens is 1. The van der Waals surface area contributed by atoms with Crippen LogP contribution in [0.25, 0.3) is 11.3 Å². The maximum absolute atomic E-state index is 13.0. The van der Waals surface area contributed by atoms with E-state index in [0.29, 0.717) is 24.7 Å². The SMILES string of the molecule is O=c1cc(-c2ccncc2)nc2n1Cc1ccccc1N2CCc1cccc(Cl)c1. The third kappa shape index (κ3) is 3.48. The Morgan fingerprint density at radius 1 is 0.967 bits per heavy atom. The van der Waals surface area contributed by atoms with Gasteiger partial charge in [0, 0.05) is 41.3 Å². The van der Waals surface area contributed by atoms with Crippen LogP contribution in [-0.4, -0.2) is 21.1 Å². The Morgan fingerprint density at radius 2 is 1.80 bits per heavy atom. The number of aromatic nitrogens is 3. The Labute approximate surface area is 179 Å². The second-order valence-electron chi connectivity index (χ2n) is 7.26. The number of benzene rings is 2. The number of anilines is 2. The van der Waals surface area contributed by atoms with Crippen LogP contribution in [0.3, 0.4) is 0 Å². The van der Waals surface area contributed by atoms with Crippen LogP contribution < -0.4 is 10.5 Å². The van der Waals surface area contributed by atoms with Gasteiger partial charge in [-0.15, -0.1) is 0 Å². The van der Waals surface area contributed by atoms with Crippen molar-refractivity contribution in [3.05, 3.63) is 106 Å². The quantitative estimate of drug-likeness (QED) is 0.485. The fraction of sp³-hybridized carbons (Fsp3) is 0.125. The minimum atomic E-state index is -0.0610. The third-order valence-corrected chi connectivity index (χ3v) is 5.56. The average Bonchev–Trinajstić information content (AvgIpc) is 2.78. The van der Waals surface area contributed by atoms with Crippen molar-refractivity contribution in [3.8, 4) is 11.3 Å². The summed E-state index contributed by atoms with van der Waals surface area (Å²) in [5.41, 5.74) is 4.80. The molecule has 0 radical (unpaired) electrons. The molecule has 0 saturated heterocycles. The largest absolute Gasteiger partial charge is 0.311 e. The van der Waals surface area contributed by atoms with Crippen LogP contribution in [0.15, 0.2) is 83.9 Å². The summed E-state index contributed by atoms with van der Waals surface area (Å²) in [6.45, 7) is 1.20. The van der Waals surface area contributed by atoms with Gasteiger partial charge in [0.25, 0.3) is 5.56 Å². The fourth-order valence-corrected chi connectivity index (χ4v) is 4.07. The molecule has 2 aromatic carbocycles. The van der Waals surface area contributed by atoms with E-state index in [2.05, 4.69) is 28.1 Å². The first kappa shape index (κ1) is 18.6. The van der Waals surface area contributed by atoms with Crippen LogP contribution in [0.5, 0.6) is 0 Å². The molecule has 1 aliphatic heterocycles. The Kier molecular flexibility index (Phi) is 4.81. The van der Waals surface area contributed by atoms with E-state index < -0.39 is 0 Å². The van der Waals surface area contributed by atoms with Crippen molar-refractivity contribution in [2.45, 2.75) is 13.0 Å². The molecule has 0 spiro atoms. The van der Waals surface area contributed by atoms with Crippen LogP contribution in [0.2, 0.25) is 5.02 Å². The van der Waals surface area contributed by atoms with E-state index in [1.165, 1.54) is 0 Å². The monoisotopic (exact) mass is 414 g/mol. The Hall–Kier alpha value is -3.44. The summed E-state index contributed by atoms with van der Waals surface area (Å²) in [7, 11) is 0. The smallest absolute Gasteiger partial charge is 0.255 e. The highest BCUT2D eigenvalue weighted by molar-refractivity contribution is 6.30. The lowest BCUT2D eigenvalue weighted by Crippen LogP contribution is -2.35.